The van der Waals surface area contributed by atoms with E-state index in [-0.39, 0.29) is 35.7 Å². The van der Waals surface area contributed by atoms with Crippen molar-refractivity contribution in [2.24, 2.45) is 32.2 Å². The maximum atomic E-state index is 13.7. The number of hydrazone groups is 2. The highest BCUT2D eigenvalue weighted by Gasteiger charge is 2.53. The summed E-state index contributed by atoms with van der Waals surface area (Å²) in [4.78, 5) is 1.24. The van der Waals surface area contributed by atoms with Crippen molar-refractivity contribution in [3.8, 4) is 11.1 Å². The number of primary sulfonamides is 2. The minimum absolute atomic E-state index is 0.0360. The van der Waals surface area contributed by atoms with Crippen LogP contribution in [0.15, 0.2) is 105 Å². The fourth-order valence-electron chi connectivity index (χ4n) is 7.18. The molecule has 0 fully saturated rings. The van der Waals surface area contributed by atoms with Gasteiger partial charge in [0.05, 0.1) is 22.8 Å². The maximum absolute atomic E-state index is 13.7. The molecule has 0 aromatic heterocycles. The molecule has 0 bridgehead atoms. The van der Waals surface area contributed by atoms with Gasteiger partial charge >= 0.3 is 0 Å². The number of sulfonamides is 2. The van der Waals surface area contributed by atoms with Crippen LogP contribution in [0.25, 0.3) is 11.1 Å². The van der Waals surface area contributed by atoms with Crippen molar-refractivity contribution in [2.45, 2.75) is 32.1 Å². The monoisotopic (exact) mass is 746 g/mol. The van der Waals surface area contributed by atoms with Gasteiger partial charge in [-0.15, -0.1) is 23.5 Å². The van der Waals surface area contributed by atoms with Crippen LogP contribution in [0, 0.1) is 10.8 Å². The van der Waals surface area contributed by atoms with Gasteiger partial charge in [-0.05, 0) is 58.0 Å². The molecule has 0 saturated carbocycles. The second-order valence-electron chi connectivity index (χ2n) is 11.9. The van der Waals surface area contributed by atoms with E-state index in [9.17, 15) is 16.8 Å². The summed E-state index contributed by atoms with van der Waals surface area (Å²) in [5.74, 6) is 11.4. The van der Waals surface area contributed by atoms with Crippen LogP contribution >= 0.6 is 23.5 Å². The third kappa shape index (κ3) is 5.20. The highest BCUT2D eigenvalue weighted by atomic mass is 32.2. The smallest absolute Gasteiger partial charge is 0.223 e. The molecule has 10 N–H and O–H groups in total. The largest absolute Gasteiger partial charge is 0.323 e. The van der Waals surface area contributed by atoms with Crippen LogP contribution in [0.4, 0.5) is 0 Å². The number of fused-ring (bicyclic) bond motifs is 2. The highest BCUT2D eigenvalue weighted by molar-refractivity contribution is 7.99. The van der Waals surface area contributed by atoms with Crippen LogP contribution in [-0.2, 0) is 29.5 Å². The standard InChI is InChI=1S/C34H34N8O4S4/c1-47-29-15-19(11-13-25(29)33(49(39,43)44)17-27(41-37)31(35)21-7-3-5-9-23(21)33)20-12-14-26(30(16-20)48-2)34(50(40,45)46)18-28(42-38)32(36)22-8-4-6-10-24(22)34/h3-16,35-36H,17-18,37-38H2,1-2H3,(H2,39,43,44)(H2,40,45,46). The average Bonchev–Trinajstić information content (AvgIpc) is 3.11. The molecular formula is C34H34N8O4S4. The van der Waals surface area contributed by atoms with Crippen LogP contribution in [0.2, 0.25) is 0 Å². The molecule has 2 unspecified atom stereocenters. The molecule has 0 saturated heterocycles. The Hall–Kier alpha value is -4.32. The zero-order chi connectivity index (χ0) is 36.2. The first kappa shape index (κ1) is 35.5. The summed E-state index contributed by atoms with van der Waals surface area (Å²) in [5.41, 5.74) is 4.08. The summed E-state index contributed by atoms with van der Waals surface area (Å²) in [5, 5.41) is 37.0. The van der Waals surface area contributed by atoms with Gasteiger partial charge in [0.1, 0.15) is 9.49 Å². The summed E-state index contributed by atoms with van der Waals surface area (Å²) in [6, 6.07) is 24.2. The second-order valence-corrected chi connectivity index (χ2v) is 17.2. The number of rotatable bonds is 7. The molecule has 50 heavy (non-hydrogen) atoms. The van der Waals surface area contributed by atoms with Gasteiger partial charge in [-0.3, -0.25) is 10.8 Å². The Morgan fingerprint density at radius 2 is 0.960 bits per heavy atom. The van der Waals surface area contributed by atoms with E-state index in [1.165, 1.54) is 23.5 Å². The SMILES string of the molecule is CSc1cc(-c2ccc(C3(S(N)(=O)=O)CC(=NN)C(=N)c4ccccc43)c(SC)c2)ccc1C1(S(N)(=O)=O)CC(=NN)C(=N)c2ccccc21. The lowest BCUT2D eigenvalue weighted by molar-refractivity contribution is 0.553. The predicted molar refractivity (Wildman–Crippen MR) is 202 cm³/mol. The first-order valence-electron chi connectivity index (χ1n) is 15.0. The van der Waals surface area contributed by atoms with Crippen LogP contribution in [0.1, 0.15) is 46.2 Å². The Morgan fingerprint density at radius 1 is 0.600 bits per heavy atom. The summed E-state index contributed by atoms with van der Waals surface area (Å²) in [6.07, 6.45) is 3.21. The quantitative estimate of drug-likeness (QED) is 0.0913. The molecule has 16 heteroatoms. The molecule has 2 aliphatic rings. The Balaban J connectivity index is 1.55. The molecule has 2 aliphatic carbocycles. The normalized spacial score (nSPS) is 22.4. The number of nitrogens with zero attached hydrogens (tertiary/aromatic N) is 2. The molecule has 0 spiro atoms. The van der Waals surface area contributed by atoms with Crippen molar-refractivity contribution in [1.29, 1.82) is 10.8 Å². The average molecular weight is 747 g/mol. The van der Waals surface area contributed by atoms with Crippen molar-refractivity contribution >= 4 is 66.4 Å². The van der Waals surface area contributed by atoms with Gasteiger partial charge < -0.3 is 11.7 Å². The van der Waals surface area contributed by atoms with Gasteiger partial charge in [-0.1, -0.05) is 72.8 Å². The molecule has 4 aromatic rings. The van der Waals surface area contributed by atoms with Gasteiger partial charge in [-0.25, -0.2) is 27.1 Å². The van der Waals surface area contributed by atoms with Crippen LogP contribution < -0.4 is 22.0 Å². The zero-order valence-electron chi connectivity index (χ0n) is 27.0. The molecule has 4 aromatic carbocycles. The fourth-order valence-corrected chi connectivity index (χ4v) is 11.3. The van der Waals surface area contributed by atoms with Crippen molar-refractivity contribution in [1.82, 2.24) is 0 Å². The Kier molecular flexibility index (Phi) is 9.07. The molecule has 6 rings (SSSR count). The van der Waals surface area contributed by atoms with E-state index in [2.05, 4.69) is 10.2 Å². The first-order chi connectivity index (χ1) is 23.7. The van der Waals surface area contributed by atoms with Crippen LogP contribution in [0.3, 0.4) is 0 Å². The molecule has 12 nitrogen and oxygen atoms in total. The van der Waals surface area contributed by atoms with Crippen molar-refractivity contribution in [3.05, 3.63) is 118 Å². The predicted octanol–water partition coefficient (Wildman–Crippen LogP) is 4.03. The van der Waals surface area contributed by atoms with Gasteiger partial charge in [0.2, 0.25) is 20.0 Å². The topological polar surface area (TPSA) is 245 Å². The number of benzene rings is 4. The number of hydrogen-bond donors (Lipinski definition) is 6. The van der Waals surface area contributed by atoms with E-state index in [0.29, 0.717) is 43.2 Å². The Labute approximate surface area is 298 Å². The highest BCUT2D eigenvalue weighted by Crippen LogP contribution is 2.50. The van der Waals surface area contributed by atoms with E-state index in [1.807, 2.05) is 24.6 Å². The molecule has 0 radical (unpaired) electrons. The maximum Gasteiger partial charge on any atom is 0.223 e. The summed E-state index contributed by atoms with van der Waals surface area (Å²) in [7, 11) is -8.73. The lowest BCUT2D eigenvalue weighted by Gasteiger charge is -2.39. The fraction of sp³-hybridized carbons (Fsp3) is 0.176. The molecule has 2 atom stereocenters. The van der Waals surface area contributed by atoms with E-state index in [0.717, 1.165) is 11.1 Å². The molecule has 0 amide bonds. The van der Waals surface area contributed by atoms with Crippen molar-refractivity contribution in [2.75, 3.05) is 12.5 Å². The summed E-state index contributed by atoms with van der Waals surface area (Å²) < 4.78 is 51.3. The lowest BCUT2D eigenvalue weighted by atomic mass is 9.75. The van der Waals surface area contributed by atoms with E-state index in [4.69, 9.17) is 32.8 Å². The minimum Gasteiger partial charge on any atom is -0.323 e. The second kappa shape index (κ2) is 12.8. The van der Waals surface area contributed by atoms with E-state index >= 15 is 0 Å². The van der Waals surface area contributed by atoms with Crippen molar-refractivity contribution < 1.29 is 16.8 Å². The van der Waals surface area contributed by atoms with E-state index in [1.54, 1.807) is 72.8 Å². The molecule has 0 heterocycles. The first-order valence-corrected chi connectivity index (χ1v) is 20.6. The Bertz CT molecular complexity index is 2230. The minimum atomic E-state index is -4.37. The molecule has 258 valence electrons. The van der Waals surface area contributed by atoms with Crippen LogP contribution in [0.5, 0.6) is 0 Å². The molecular weight excluding hydrogens is 713 g/mol. The zero-order valence-corrected chi connectivity index (χ0v) is 30.2. The lowest BCUT2D eigenvalue weighted by Crippen LogP contribution is -2.49. The molecule has 0 aliphatic heterocycles. The number of hydrogen-bond acceptors (Lipinski definition) is 12. The summed E-state index contributed by atoms with van der Waals surface area (Å²) >= 11 is 2.68. The third-order valence-electron chi connectivity index (χ3n) is 9.56. The van der Waals surface area contributed by atoms with Gasteiger partial charge in [0, 0.05) is 33.8 Å². The number of nitrogens with two attached hydrogens (primary N) is 4. The van der Waals surface area contributed by atoms with Crippen molar-refractivity contribution in [3.63, 3.8) is 0 Å². The van der Waals surface area contributed by atoms with E-state index < -0.39 is 29.5 Å². The van der Waals surface area contributed by atoms with Crippen LogP contribution in [-0.4, -0.2) is 52.2 Å². The summed E-state index contributed by atoms with van der Waals surface area (Å²) in [6.45, 7) is 0. The van der Waals surface area contributed by atoms with Gasteiger partial charge in [-0.2, -0.15) is 10.2 Å². The number of thioether (sulfide) groups is 2. The number of nitrogens with one attached hydrogen (secondary N) is 2. The van der Waals surface area contributed by atoms with Gasteiger partial charge in [0.15, 0.2) is 0 Å². The van der Waals surface area contributed by atoms with Gasteiger partial charge in [0.25, 0.3) is 0 Å². The Morgan fingerprint density at radius 3 is 1.28 bits per heavy atom. The third-order valence-corrected chi connectivity index (χ3v) is 14.2.